The average Bonchev–Trinajstić information content (AvgIpc) is 3.09. The number of ether oxygens (including phenoxy) is 2. The molecule has 7 nitrogen and oxygen atoms in total. The number of carbonyl (C=O) groups is 1. The molecule has 29 heavy (non-hydrogen) atoms. The lowest BCUT2D eigenvalue weighted by Gasteiger charge is -2.20. The summed E-state index contributed by atoms with van der Waals surface area (Å²) in [7, 11) is 1.45. The summed E-state index contributed by atoms with van der Waals surface area (Å²) in [5.41, 5.74) is 0.767. The van der Waals surface area contributed by atoms with Crippen LogP contribution < -0.4 is 15.0 Å². The quantitative estimate of drug-likeness (QED) is 0.758. The number of nitrogens with zero attached hydrogens (tertiary/aromatic N) is 3. The first kappa shape index (κ1) is 21.1. The van der Waals surface area contributed by atoms with Gasteiger partial charge in [0.05, 0.1) is 12.4 Å². The Bertz CT molecular complexity index is 864. The normalized spacial score (nSPS) is 16.7. The first-order valence-electron chi connectivity index (χ1n) is 8.65. The van der Waals surface area contributed by atoms with Gasteiger partial charge in [0, 0.05) is 43.0 Å². The molecule has 3 rings (SSSR count). The minimum atomic E-state index is -4.62. The number of rotatable bonds is 6. The van der Waals surface area contributed by atoms with Gasteiger partial charge in [-0.1, -0.05) is 11.6 Å². The first-order chi connectivity index (χ1) is 13.7. The number of anilines is 1. The topological polar surface area (TPSA) is 76.6 Å². The van der Waals surface area contributed by atoms with E-state index in [0.717, 1.165) is 24.5 Å². The zero-order chi connectivity index (χ0) is 21.0. The molecule has 11 heteroatoms. The van der Waals surface area contributed by atoms with E-state index in [9.17, 15) is 18.0 Å². The van der Waals surface area contributed by atoms with E-state index in [4.69, 9.17) is 21.1 Å². The zero-order valence-corrected chi connectivity index (χ0v) is 16.1. The van der Waals surface area contributed by atoms with E-state index in [1.807, 2.05) is 4.90 Å². The van der Waals surface area contributed by atoms with Crippen LogP contribution in [0.1, 0.15) is 12.2 Å². The lowest BCUT2D eigenvalue weighted by molar-refractivity contribution is -0.145. The van der Waals surface area contributed by atoms with Gasteiger partial charge in [-0.25, -0.2) is 9.97 Å². The van der Waals surface area contributed by atoms with Crippen LogP contribution in [0.15, 0.2) is 30.6 Å². The van der Waals surface area contributed by atoms with Crippen LogP contribution in [0.4, 0.5) is 18.9 Å². The van der Waals surface area contributed by atoms with Gasteiger partial charge in [0.1, 0.15) is 12.4 Å². The molecule has 2 aromatic rings. The van der Waals surface area contributed by atoms with Crippen LogP contribution in [-0.2, 0) is 15.7 Å². The Morgan fingerprint density at radius 3 is 2.66 bits per heavy atom. The van der Waals surface area contributed by atoms with Gasteiger partial charge in [-0.05, 0) is 18.6 Å². The summed E-state index contributed by atoms with van der Waals surface area (Å²) in [5, 5.41) is 3.29. The summed E-state index contributed by atoms with van der Waals surface area (Å²) in [6, 6.07) is 4.97. The van der Waals surface area contributed by atoms with Crippen LogP contribution in [0.3, 0.4) is 0 Å². The number of methoxy groups -OCH3 is 1. The Balaban J connectivity index is 1.68. The smallest absolute Gasteiger partial charge is 0.451 e. The molecule has 1 aliphatic rings. The summed E-state index contributed by atoms with van der Waals surface area (Å²) in [4.78, 5) is 20.2. The van der Waals surface area contributed by atoms with Crippen LogP contribution in [-0.4, -0.2) is 48.7 Å². The minimum absolute atomic E-state index is 0.000846. The lowest BCUT2D eigenvalue weighted by Crippen LogP contribution is -2.38. The molecule has 0 radical (unpaired) electrons. The molecule has 0 spiro atoms. The van der Waals surface area contributed by atoms with Crippen LogP contribution in [0, 0.1) is 0 Å². The highest BCUT2D eigenvalue weighted by molar-refractivity contribution is 6.31. The van der Waals surface area contributed by atoms with Crippen molar-refractivity contribution in [3.05, 3.63) is 41.4 Å². The van der Waals surface area contributed by atoms with Crippen molar-refractivity contribution in [3.8, 4) is 11.5 Å². The molecule has 0 aliphatic carbocycles. The van der Waals surface area contributed by atoms with Crippen molar-refractivity contribution < 1.29 is 27.4 Å². The second kappa shape index (κ2) is 8.83. The molecular weight excluding hydrogens is 413 g/mol. The van der Waals surface area contributed by atoms with Crippen LogP contribution in [0.5, 0.6) is 11.5 Å². The maximum Gasteiger partial charge on any atom is 0.451 e. The van der Waals surface area contributed by atoms with Crippen molar-refractivity contribution in [1.82, 2.24) is 15.3 Å². The number of halogens is 4. The predicted molar refractivity (Wildman–Crippen MR) is 99.2 cm³/mol. The van der Waals surface area contributed by atoms with Crippen molar-refractivity contribution in [3.63, 3.8) is 0 Å². The predicted octanol–water partition coefficient (Wildman–Crippen LogP) is 3.28. The molecule has 1 amide bonds. The number of amides is 1. The fourth-order valence-electron chi connectivity index (χ4n) is 2.95. The van der Waals surface area contributed by atoms with Crippen LogP contribution in [0.25, 0.3) is 0 Å². The lowest BCUT2D eigenvalue weighted by atomic mass is 10.2. The van der Waals surface area contributed by atoms with E-state index in [-0.39, 0.29) is 24.3 Å². The van der Waals surface area contributed by atoms with Gasteiger partial charge in [-0.3, -0.25) is 4.79 Å². The van der Waals surface area contributed by atoms with E-state index < -0.39 is 12.0 Å². The highest BCUT2D eigenvalue weighted by Gasteiger charge is 2.34. The SMILES string of the molecule is COCC(=O)N[C@H]1CCN(c2cc(Cl)cc(Oc3cnc(C(F)(F)F)nc3)c2)C1. The second-order valence-electron chi connectivity index (χ2n) is 6.42. The Morgan fingerprint density at radius 1 is 1.28 bits per heavy atom. The van der Waals surface area contributed by atoms with Crippen molar-refractivity contribution in [2.45, 2.75) is 18.6 Å². The van der Waals surface area contributed by atoms with Crippen molar-refractivity contribution in [2.75, 3.05) is 31.7 Å². The first-order valence-corrected chi connectivity index (χ1v) is 9.03. The third-order valence-electron chi connectivity index (χ3n) is 4.17. The summed E-state index contributed by atoms with van der Waals surface area (Å²) in [5.74, 6) is -1.04. The number of aromatic nitrogens is 2. The minimum Gasteiger partial charge on any atom is -0.454 e. The van der Waals surface area contributed by atoms with Gasteiger partial charge < -0.3 is 19.7 Å². The van der Waals surface area contributed by atoms with Gasteiger partial charge in [0.2, 0.25) is 11.7 Å². The summed E-state index contributed by atoms with van der Waals surface area (Å²) >= 11 is 6.17. The molecule has 1 fully saturated rings. The molecule has 1 saturated heterocycles. The van der Waals surface area contributed by atoms with E-state index >= 15 is 0 Å². The third kappa shape index (κ3) is 5.70. The maximum absolute atomic E-state index is 12.6. The maximum atomic E-state index is 12.6. The fourth-order valence-corrected chi connectivity index (χ4v) is 3.17. The molecule has 1 atom stereocenters. The van der Waals surface area contributed by atoms with Crippen LogP contribution in [0.2, 0.25) is 5.02 Å². The van der Waals surface area contributed by atoms with E-state index in [0.29, 0.717) is 23.9 Å². The molecule has 0 saturated carbocycles. The van der Waals surface area contributed by atoms with Gasteiger partial charge >= 0.3 is 6.18 Å². The number of benzene rings is 1. The van der Waals surface area contributed by atoms with Gasteiger partial charge in [-0.15, -0.1) is 0 Å². The van der Waals surface area contributed by atoms with Crippen molar-refractivity contribution >= 4 is 23.2 Å². The summed E-state index contributed by atoms with van der Waals surface area (Å²) in [6.45, 7) is 1.28. The van der Waals surface area contributed by atoms with Crippen LogP contribution >= 0.6 is 11.6 Å². The zero-order valence-electron chi connectivity index (χ0n) is 15.4. The largest absolute Gasteiger partial charge is 0.454 e. The molecular formula is C18H18ClF3N4O3. The molecule has 156 valence electrons. The van der Waals surface area contributed by atoms with Gasteiger partial charge in [0.25, 0.3) is 0 Å². The molecule has 0 bridgehead atoms. The molecule has 1 N–H and O–H groups in total. The Morgan fingerprint density at radius 2 is 2.00 bits per heavy atom. The standard InChI is InChI=1S/C18H18ClF3N4O3/c1-28-10-16(27)25-12-2-3-26(9-12)13-4-11(19)5-14(6-13)29-15-7-23-17(24-8-15)18(20,21)22/h4-8,12H,2-3,9-10H2,1H3,(H,25,27)/t12-/m0/s1. The van der Waals surface area contributed by atoms with Gasteiger partial charge in [0.15, 0.2) is 5.75 Å². The van der Waals surface area contributed by atoms with Crippen molar-refractivity contribution in [2.24, 2.45) is 0 Å². The van der Waals surface area contributed by atoms with E-state index in [1.165, 1.54) is 13.2 Å². The Labute approximate surface area is 169 Å². The fraction of sp³-hybridized carbons (Fsp3) is 0.389. The number of alkyl halides is 3. The highest BCUT2D eigenvalue weighted by Crippen LogP contribution is 2.32. The summed E-state index contributed by atoms with van der Waals surface area (Å²) in [6.07, 6.45) is -1.96. The van der Waals surface area contributed by atoms with E-state index in [2.05, 4.69) is 15.3 Å². The average molecular weight is 431 g/mol. The molecule has 2 heterocycles. The monoisotopic (exact) mass is 430 g/mol. The molecule has 1 aromatic carbocycles. The number of carbonyl (C=O) groups excluding carboxylic acids is 1. The molecule has 1 aliphatic heterocycles. The Hall–Kier alpha value is -2.59. The number of nitrogens with one attached hydrogen (secondary N) is 1. The van der Waals surface area contributed by atoms with E-state index in [1.54, 1.807) is 12.1 Å². The molecule has 0 unspecified atom stereocenters. The highest BCUT2D eigenvalue weighted by atomic mass is 35.5. The molecule has 1 aromatic heterocycles. The number of hydrogen-bond acceptors (Lipinski definition) is 6. The Kier molecular flexibility index (Phi) is 6.43. The van der Waals surface area contributed by atoms with Gasteiger partial charge in [-0.2, -0.15) is 13.2 Å². The number of hydrogen-bond donors (Lipinski definition) is 1. The summed E-state index contributed by atoms with van der Waals surface area (Å²) < 4.78 is 48.0. The second-order valence-corrected chi connectivity index (χ2v) is 6.86. The van der Waals surface area contributed by atoms with Crippen molar-refractivity contribution in [1.29, 1.82) is 0 Å². The third-order valence-corrected chi connectivity index (χ3v) is 4.39.